The van der Waals surface area contributed by atoms with E-state index in [0.717, 1.165) is 5.56 Å². The van der Waals surface area contributed by atoms with Crippen molar-refractivity contribution in [2.75, 3.05) is 13.1 Å². The maximum atomic E-state index is 12.5. The number of nitrogens with zero attached hydrogens (tertiary/aromatic N) is 1. The van der Waals surface area contributed by atoms with E-state index in [2.05, 4.69) is 26.1 Å². The Labute approximate surface area is 125 Å². The van der Waals surface area contributed by atoms with Crippen molar-refractivity contribution in [1.29, 1.82) is 0 Å². The van der Waals surface area contributed by atoms with Crippen molar-refractivity contribution in [3.8, 4) is 0 Å². The van der Waals surface area contributed by atoms with Crippen LogP contribution in [0, 0.1) is 0 Å². The van der Waals surface area contributed by atoms with E-state index in [1.165, 1.54) is 10.5 Å². The molecule has 1 fully saturated rings. The largest absolute Gasteiger partial charge is 0.329 e. The van der Waals surface area contributed by atoms with E-state index in [0.29, 0.717) is 0 Å². The molecule has 0 aromatic heterocycles. The zero-order valence-corrected chi connectivity index (χ0v) is 13.1. The maximum absolute atomic E-state index is 12.5. The van der Waals surface area contributed by atoms with Gasteiger partial charge in [-0.3, -0.25) is 9.69 Å². The molecular weight excluding hydrogens is 266 g/mol. The molecule has 3 N–H and O–H groups in total. The van der Waals surface area contributed by atoms with Crippen LogP contribution in [0.4, 0.5) is 4.79 Å². The molecule has 1 saturated heterocycles. The van der Waals surface area contributed by atoms with Gasteiger partial charge < -0.3 is 11.1 Å². The Kier molecular flexibility index (Phi) is 3.80. The van der Waals surface area contributed by atoms with Gasteiger partial charge in [0.2, 0.25) is 0 Å². The summed E-state index contributed by atoms with van der Waals surface area (Å²) in [5.41, 5.74) is 6.46. The van der Waals surface area contributed by atoms with E-state index < -0.39 is 5.54 Å². The van der Waals surface area contributed by atoms with Crippen molar-refractivity contribution in [3.05, 3.63) is 35.4 Å². The highest BCUT2D eigenvalue weighted by molar-refractivity contribution is 6.07. The molecule has 1 aliphatic heterocycles. The predicted molar refractivity (Wildman–Crippen MR) is 81.8 cm³/mol. The first-order valence-electron chi connectivity index (χ1n) is 7.15. The summed E-state index contributed by atoms with van der Waals surface area (Å²) in [7, 11) is 0. The quantitative estimate of drug-likeness (QED) is 0.832. The van der Waals surface area contributed by atoms with Crippen LogP contribution < -0.4 is 11.1 Å². The Morgan fingerprint density at radius 1 is 1.19 bits per heavy atom. The van der Waals surface area contributed by atoms with E-state index in [1.807, 2.05) is 24.3 Å². The van der Waals surface area contributed by atoms with Crippen LogP contribution in [-0.4, -0.2) is 29.9 Å². The lowest BCUT2D eigenvalue weighted by atomic mass is 9.84. The van der Waals surface area contributed by atoms with E-state index in [-0.39, 0.29) is 30.4 Å². The molecule has 1 heterocycles. The lowest BCUT2D eigenvalue weighted by molar-refractivity contribution is -0.131. The molecule has 1 aromatic carbocycles. The minimum absolute atomic E-state index is 0.0496. The number of rotatable bonds is 3. The van der Waals surface area contributed by atoms with Crippen molar-refractivity contribution >= 4 is 11.9 Å². The lowest BCUT2D eigenvalue weighted by Gasteiger charge is -2.24. The van der Waals surface area contributed by atoms with Crippen molar-refractivity contribution in [2.45, 2.75) is 38.6 Å². The molecule has 5 nitrogen and oxygen atoms in total. The standard InChI is InChI=1S/C16H23N3O2/c1-15(2,3)11-5-7-12(8-6-11)16(4)13(20)19(10-9-17)14(21)18-16/h5-8H,9-10,17H2,1-4H3,(H,18,21). The molecule has 1 aliphatic rings. The van der Waals surface area contributed by atoms with Crippen molar-refractivity contribution < 1.29 is 9.59 Å². The van der Waals surface area contributed by atoms with E-state index in [9.17, 15) is 9.59 Å². The molecule has 1 unspecified atom stereocenters. The van der Waals surface area contributed by atoms with E-state index in [4.69, 9.17) is 5.73 Å². The molecule has 0 radical (unpaired) electrons. The molecule has 1 aromatic rings. The first-order chi connectivity index (χ1) is 9.70. The van der Waals surface area contributed by atoms with Gasteiger partial charge in [-0.1, -0.05) is 45.0 Å². The number of hydrogen-bond donors (Lipinski definition) is 2. The van der Waals surface area contributed by atoms with E-state index >= 15 is 0 Å². The fraction of sp³-hybridized carbons (Fsp3) is 0.500. The summed E-state index contributed by atoms with van der Waals surface area (Å²) < 4.78 is 0. The maximum Gasteiger partial charge on any atom is 0.325 e. The molecule has 5 heteroatoms. The van der Waals surface area contributed by atoms with Crippen LogP contribution in [0.1, 0.15) is 38.8 Å². The Morgan fingerprint density at radius 3 is 2.24 bits per heavy atom. The molecular formula is C16H23N3O2. The Morgan fingerprint density at radius 2 is 1.76 bits per heavy atom. The summed E-state index contributed by atoms with van der Waals surface area (Å²) in [4.78, 5) is 25.6. The van der Waals surface area contributed by atoms with Crippen LogP contribution >= 0.6 is 0 Å². The summed E-state index contributed by atoms with van der Waals surface area (Å²) in [6, 6.07) is 7.44. The fourth-order valence-corrected chi connectivity index (χ4v) is 2.53. The first-order valence-corrected chi connectivity index (χ1v) is 7.15. The molecule has 1 atom stereocenters. The van der Waals surface area contributed by atoms with Crippen LogP contribution in [-0.2, 0) is 15.7 Å². The summed E-state index contributed by atoms with van der Waals surface area (Å²) in [6.45, 7) is 8.63. The number of amides is 3. The molecule has 0 saturated carbocycles. The Hall–Kier alpha value is -1.88. The van der Waals surface area contributed by atoms with Gasteiger partial charge in [-0.05, 0) is 23.5 Å². The number of carbonyl (C=O) groups excluding carboxylic acids is 2. The van der Waals surface area contributed by atoms with Gasteiger partial charge in [-0.15, -0.1) is 0 Å². The van der Waals surface area contributed by atoms with Crippen molar-refractivity contribution in [1.82, 2.24) is 10.2 Å². The molecule has 114 valence electrons. The highest BCUT2D eigenvalue weighted by atomic mass is 16.2. The van der Waals surface area contributed by atoms with Gasteiger partial charge >= 0.3 is 6.03 Å². The number of carbonyl (C=O) groups is 2. The van der Waals surface area contributed by atoms with E-state index in [1.54, 1.807) is 6.92 Å². The summed E-state index contributed by atoms with van der Waals surface area (Å²) in [5, 5.41) is 2.77. The normalized spacial score (nSPS) is 22.6. The average molecular weight is 289 g/mol. The van der Waals surface area contributed by atoms with Crippen LogP contribution in [0.15, 0.2) is 24.3 Å². The number of urea groups is 1. The number of benzene rings is 1. The third kappa shape index (κ3) is 2.65. The molecule has 3 amide bonds. The van der Waals surface area contributed by atoms with Gasteiger partial charge in [0.15, 0.2) is 0 Å². The number of imide groups is 1. The second-order valence-electron chi connectivity index (χ2n) is 6.63. The van der Waals surface area contributed by atoms with Gasteiger partial charge in [0.05, 0.1) is 0 Å². The first kappa shape index (κ1) is 15.5. The average Bonchev–Trinajstić information content (AvgIpc) is 2.63. The van der Waals surface area contributed by atoms with Crippen LogP contribution in [0.2, 0.25) is 0 Å². The highest BCUT2D eigenvalue weighted by Crippen LogP contribution is 2.30. The zero-order chi connectivity index (χ0) is 15.8. The zero-order valence-electron chi connectivity index (χ0n) is 13.1. The third-order valence-electron chi connectivity index (χ3n) is 3.96. The monoisotopic (exact) mass is 289 g/mol. The second kappa shape index (κ2) is 5.15. The molecule has 0 bridgehead atoms. The summed E-state index contributed by atoms with van der Waals surface area (Å²) in [5.74, 6) is -0.249. The Bertz CT molecular complexity index is 560. The molecule has 2 rings (SSSR count). The van der Waals surface area contributed by atoms with Crippen LogP contribution in [0.5, 0.6) is 0 Å². The molecule has 0 spiro atoms. The predicted octanol–water partition coefficient (Wildman–Crippen LogP) is 1.71. The minimum atomic E-state index is -1.01. The van der Waals surface area contributed by atoms with Gasteiger partial charge in [0, 0.05) is 13.1 Å². The summed E-state index contributed by atoms with van der Waals surface area (Å²) >= 11 is 0. The molecule has 0 aliphatic carbocycles. The summed E-state index contributed by atoms with van der Waals surface area (Å²) in [6.07, 6.45) is 0. The van der Waals surface area contributed by atoms with Gasteiger partial charge in [-0.2, -0.15) is 0 Å². The van der Waals surface area contributed by atoms with Crippen molar-refractivity contribution in [3.63, 3.8) is 0 Å². The third-order valence-corrected chi connectivity index (χ3v) is 3.96. The number of nitrogens with one attached hydrogen (secondary N) is 1. The van der Waals surface area contributed by atoms with Gasteiger partial charge in [0.25, 0.3) is 5.91 Å². The SMILES string of the molecule is CC(C)(C)c1ccc(C2(C)NC(=O)N(CCN)C2=O)cc1. The number of hydrogen-bond acceptors (Lipinski definition) is 3. The fourth-order valence-electron chi connectivity index (χ4n) is 2.53. The minimum Gasteiger partial charge on any atom is -0.329 e. The molecule has 21 heavy (non-hydrogen) atoms. The van der Waals surface area contributed by atoms with Gasteiger partial charge in [0.1, 0.15) is 5.54 Å². The lowest BCUT2D eigenvalue weighted by Crippen LogP contribution is -2.41. The number of nitrogens with two attached hydrogens (primary N) is 1. The van der Waals surface area contributed by atoms with Crippen molar-refractivity contribution in [2.24, 2.45) is 5.73 Å². The second-order valence-corrected chi connectivity index (χ2v) is 6.63. The van der Waals surface area contributed by atoms with Gasteiger partial charge in [-0.25, -0.2) is 4.79 Å². The van der Waals surface area contributed by atoms with Crippen LogP contribution in [0.3, 0.4) is 0 Å². The Balaban J connectivity index is 2.33. The topological polar surface area (TPSA) is 75.4 Å². The highest BCUT2D eigenvalue weighted by Gasteiger charge is 2.48. The van der Waals surface area contributed by atoms with Crippen LogP contribution in [0.25, 0.3) is 0 Å². The smallest absolute Gasteiger partial charge is 0.325 e.